The Bertz CT molecular complexity index is 179. The maximum Gasteiger partial charge on any atom is 0.503 e. The van der Waals surface area contributed by atoms with Crippen LogP contribution in [0.5, 0.6) is 0 Å². The van der Waals surface area contributed by atoms with E-state index < -0.39 is 8.80 Å². The fourth-order valence-electron chi connectivity index (χ4n) is 1.88. The molecule has 0 amide bonds. The highest BCUT2D eigenvalue weighted by Gasteiger charge is 2.46. The molecular formula is C12H30N2O3Si. The summed E-state index contributed by atoms with van der Waals surface area (Å²) < 4.78 is 17.6. The Morgan fingerprint density at radius 1 is 1.00 bits per heavy atom. The highest BCUT2D eigenvalue weighted by Crippen LogP contribution is 2.28. The molecule has 0 heterocycles. The van der Waals surface area contributed by atoms with Crippen LogP contribution in [0, 0.1) is 0 Å². The lowest BCUT2D eigenvalue weighted by Crippen LogP contribution is -2.50. The van der Waals surface area contributed by atoms with E-state index in [0.717, 1.165) is 19.5 Å². The Morgan fingerprint density at radius 2 is 1.50 bits per heavy atom. The average Bonchev–Trinajstić information content (AvgIpc) is 2.35. The van der Waals surface area contributed by atoms with Gasteiger partial charge in [0, 0.05) is 38.5 Å². The van der Waals surface area contributed by atoms with Gasteiger partial charge in [0.2, 0.25) is 0 Å². The molecule has 0 saturated heterocycles. The van der Waals surface area contributed by atoms with Gasteiger partial charge in [-0.05, 0) is 33.7 Å². The van der Waals surface area contributed by atoms with Crippen LogP contribution < -0.4 is 11.1 Å². The summed E-state index contributed by atoms with van der Waals surface area (Å²) in [5, 5.41) is 3.29. The van der Waals surface area contributed by atoms with E-state index in [1.54, 1.807) is 0 Å². The first kappa shape index (κ1) is 18.0. The van der Waals surface area contributed by atoms with Crippen molar-refractivity contribution in [2.75, 3.05) is 39.5 Å². The zero-order valence-corrected chi connectivity index (χ0v) is 13.3. The molecule has 0 aliphatic carbocycles. The lowest BCUT2D eigenvalue weighted by Gasteiger charge is -2.33. The van der Waals surface area contributed by atoms with Gasteiger partial charge in [0.25, 0.3) is 0 Å². The zero-order valence-electron chi connectivity index (χ0n) is 12.3. The third kappa shape index (κ3) is 6.26. The highest BCUT2D eigenvalue weighted by atomic mass is 28.4. The summed E-state index contributed by atoms with van der Waals surface area (Å²) >= 11 is 0. The topological polar surface area (TPSA) is 65.7 Å². The average molecular weight is 278 g/mol. The first-order chi connectivity index (χ1) is 8.66. The van der Waals surface area contributed by atoms with E-state index in [-0.39, 0.29) is 0 Å². The smallest absolute Gasteiger partial charge is 0.374 e. The minimum absolute atomic E-state index is 0.294. The van der Waals surface area contributed by atoms with E-state index in [4.69, 9.17) is 19.0 Å². The van der Waals surface area contributed by atoms with Crippen molar-refractivity contribution < 1.29 is 13.3 Å². The van der Waals surface area contributed by atoms with Crippen LogP contribution >= 0.6 is 0 Å². The first-order valence-electron chi connectivity index (χ1n) is 6.99. The van der Waals surface area contributed by atoms with Crippen molar-refractivity contribution in [2.24, 2.45) is 5.73 Å². The molecule has 0 aromatic heterocycles. The van der Waals surface area contributed by atoms with Crippen molar-refractivity contribution in [2.45, 2.75) is 39.7 Å². The molecule has 0 saturated carbocycles. The molecule has 110 valence electrons. The van der Waals surface area contributed by atoms with E-state index in [2.05, 4.69) is 12.2 Å². The second-order valence-corrected chi connectivity index (χ2v) is 7.19. The van der Waals surface area contributed by atoms with Crippen molar-refractivity contribution in [3.8, 4) is 0 Å². The van der Waals surface area contributed by atoms with E-state index >= 15 is 0 Å². The monoisotopic (exact) mass is 278 g/mol. The van der Waals surface area contributed by atoms with Gasteiger partial charge >= 0.3 is 8.80 Å². The molecule has 0 bridgehead atoms. The zero-order chi connectivity index (χ0) is 13.9. The lowest BCUT2D eigenvalue weighted by molar-refractivity contribution is 0.0615. The molecule has 0 aliphatic rings. The fourth-order valence-corrected chi connectivity index (χ4v) is 4.69. The van der Waals surface area contributed by atoms with Gasteiger partial charge in [-0.15, -0.1) is 0 Å². The van der Waals surface area contributed by atoms with E-state index in [9.17, 15) is 0 Å². The quantitative estimate of drug-likeness (QED) is 0.417. The summed E-state index contributed by atoms with van der Waals surface area (Å²) in [7, 11) is -2.53. The number of rotatable bonds is 12. The molecule has 18 heavy (non-hydrogen) atoms. The predicted octanol–water partition coefficient (Wildman–Crippen LogP) is 1.36. The van der Waals surface area contributed by atoms with Crippen molar-refractivity contribution >= 4 is 8.80 Å². The second kappa shape index (κ2) is 10.9. The second-order valence-electron chi connectivity index (χ2n) is 4.13. The van der Waals surface area contributed by atoms with Crippen LogP contribution in [0.25, 0.3) is 0 Å². The number of hydrogen-bond donors (Lipinski definition) is 2. The molecule has 5 nitrogen and oxygen atoms in total. The van der Waals surface area contributed by atoms with Crippen molar-refractivity contribution in [1.82, 2.24) is 5.32 Å². The lowest BCUT2D eigenvalue weighted by atomic mass is 10.3. The van der Waals surface area contributed by atoms with Gasteiger partial charge in [0.05, 0.1) is 0 Å². The summed E-state index contributed by atoms with van der Waals surface area (Å²) in [4.78, 5) is 0. The molecule has 0 aliphatic heterocycles. The summed E-state index contributed by atoms with van der Waals surface area (Å²) in [6.07, 6.45) is 0.978. The van der Waals surface area contributed by atoms with Gasteiger partial charge in [-0.1, -0.05) is 6.92 Å². The molecule has 0 aromatic rings. The van der Waals surface area contributed by atoms with Gasteiger partial charge in [-0.2, -0.15) is 0 Å². The van der Waals surface area contributed by atoms with Crippen LogP contribution in [0.15, 0.2) is 0 Å². The summed E-state index contributed by atoms with van der Waals surface area (Å²) in [5.74, 6) is 0. The Balaban J connectivity index is 4.39. The largest absolute Gasteiger partial charge is 0.503 e. The minimum Gasteiger partial charge on any atom is -0.374 e. The van der Waals surface area contributed by atoms with E-state index in [1.807, 2.05) is 20.8 Å². The summed E-state index contributed by atoms with van der Waals surface area (Å²) in [6, 6.07) is 0. The standard InChI is InChI=1S/C12H30N2O3Si/c1-5-15-18(16-6-2,17-7-3)12(4)8-10-14-11-9-13/h12,14H,5-11,13H2,1-4H3. The molecule has 0 fully saturated rings. The van der Waals surface area contributed by atoms with Crippen LogP contribution in [0.3, 0.4) is 0 Å². The molecule has 6 heteroatoms. The van der Waals surface area contributed by atoms with Gasteiger partial charge in [0.15, 0.2) is 0 Å². The molecular weight excluding hydrogens is 248 g/mol. The van der Waals surface area contributed by atoms with Gasteiger partial charge in [-0.3, -0.25) is 0 Å². The predicted molar refractivity (Wildman–Crippen MR) is 76.6 cm³/mol. The van der Waals surface area contributed by atoms with E-state index in [1.165, 1.54) is 0 Å². The third-order valence-electron chi connectivity index (χ3n) is 2.72. The Kier molecular flexibility index (Phi) is 10.9. The van der Waals surface area contributed by atoms with Crippen molar-refractivity contribution in [3.05, 3.63) is 0 Å². The normalized spacial score (nSPS) is 13.8. The Labute approximate surface area is 113 Å². The van der Waals surface area contributed by atoms with Crippen LogP contribution in [-0.2, 0) is 13.3 Å². The minimum atomic E-state index is -2.53. The molecule has 0 rings (SSSR count). The maximum absolute atomic E-state index is 5.87. The summed E-state index contributed by atoms with van der Waals surface area (Å²) in [5.41, 5.74) is 5.74. The fraction of sp³-hybridized carbons (Fsp3) is 1.00. The highest BCUT2D eigenvalue weighted by molar-refractivity contribution is 6.62. The number of nitrogens with two attached hydrogens (primary N) is 1. The van der Waals surface area contributed by atoms with Crippen LogP contribution in [0.4, 0.5) is 0 Å². The number of hydrogen-bond acceptors (Lipinski definition) is 5. The molecule has 0 aromatic carbocycles. The van der Waals surface area contributed by atoms with Crippen LogP contribution in [0.2, 0.25) is 5.54 Å². The maximum atomic E-state index is 5.87. The number of nitrogens with one attached hydrogen (secondary N) is 1. The van der Waals surface area contributed by atoms with Gasteiger partial charge in [0.1, 0.15) is 0 Å². The van der Waals surface area contributed by atoms with Crippen LogP contribution in [-0.4, -0.2) is 48.3 Å². The Hall–Kier alpha value is 0.0169. The van der Waals surface area contributed by atoms with Crippen LogP contribution in [0.1, 0.15) is 34.1 Å². The van der Waals surface area contributed by atoms with Gasteiger partial charge < -0.3 is 24.3 Å². The molecule has 1 atom stereocenters. The Morgan fingerprint density at radius 3 is 1.89 bits per heavy atom. The molecule has 0 radical (unpaired) electrons. The SMILES string of the molecule is CCO[Si](OCC)(OCC)C(C)CCNCCN. The molecule has 1 unspecified atom stereocenters. The van der Waals surface area contributed by atoms with Gasteiger partial charge in [-0.25, -0.2) is 0 Å². The first-order valence-corrected chi connectivity index (χ1v) is 8.79. The molecule has 3 N–H and O–H groups in total. The van der Waals surface area contributed by atoms with Crippen molar-refractivity contribution in [1.29, 1.82) is 0 Å². The third-order valence-corrected chi connectivity index (χ3v) is 6.28. The van der Waals surface area contributed by atoms with E-state index in [0.29, 0.717) is 31.9 Å². The van der Waals surface area contributed by atoms with Crippen molar-refractivity contribution in [3.63, 3.8) is 0 Å². The summed E-state index contributed by atoms with van der Waals surface area (Å²) in [6.45, 7) is 12.4. The molecule has 0 spiro atoms.